The summed E-state index contributed by atoms with van der Waals surface area (Å²) in [4.78, 5) is 11.3. The number of esters is 1. The Morgan fingerprint density at radius 2 is 1.65 bits per heavy atom. The van der Waals surface area contributed by atoms with Gasteiger partial charge in [-0.2, -0.15) is 0 Å². The molecule has 218 valence electrons. The van der Waals surface area contributed by atoms with E-state index >= 15 is 0 Å². The predicted octanol–water partition coefficient (Wildman–Crippen LogP) is 4.80. The van der Waals surface area contributed by atoms with Gasteiger partial charge in [-0.05, 0) is 40.8 Å². The van der Waals surface area contributed by atoms with Crippen molar-refractivity contribution in [1.29, 1.82) is 0 Å². The highest BCUT2D eigenvalue weighted by Crippen LogP contribution is 2.41. The smallest absolute Gasteiger partial charge is 0.302 e. The van der Waals surface area contributed by atoms with Crippen LogP contribution in [0.1, 0.15) is 33.3 Å². The Morgan fingerprint density at radius 1 is 1.00 bits per heavy atom. The van der Waals surface area contributed by atoms with Crippen LogP contribution >= 0.6 is 11.6 Å². The van der Waals surface area contributed by atoms with Crippen LogP contribution in [0.15, 0.2) is 53.4 Å². The van der Waals surface area contributed by atoms with E-state index in [9.17, 15) is 13.2 Å². The summed E-state index contributed by atoms with van der Waals surface area (Å²) in [7, 11) is -0.977. The van der Waals surface area contributed by atoms with Crippen molar-refractivity contribution >= 4 is 33.4 Å². The van der Waals surface area contributed by atoms with Crippen LogP contribution in [0.2, 0.25) is 5.02 Å². The molecule has 0 amide bonds. The van der Waals surface area contributed by atoms with Crippen molar-refractivity contribution in [3.05, 3.63) is 59.1 Å². The van der Waals surface area contributed by atoms with Crippen molar-refractivity contribution in [2.24, 2.45) is 7.05 Å². The highest BCUT2D eigenvalue weighted by atomic mass is 35.5. The van der Waals surface area contributed by atoms with Crippen molar-refractivity contribution in [3.8, 4) is 17.0 Å². The fourth-order valence-corrected chi connectivity index (χ4v) is 5.37. The molecule has 2 aromatic carbocycles. The lowest BCUT2D eigenvalue weighted by Gasteiger charge is -2.26. The summed E-state index contributed by atoms with van der Waals surface area (Å²) in [6, 6.07) is 13.7. The maximum atomic E-state index is 14.1. The zero-order valence-electron chi connectivity index (χ0n) is 23.6. The van der Waals surface area contributed by atoms with Gasteiger partial charge in [-0.1, -0.05) is 56.6 Å². The molecule has 0 aliphatic rings. The van der Waals surface area contributed by atoms with Gasteiger partial charge < -0.3 is 18.9 Å². The topological polar surface area (TPSA) is 109 Å². The summed E-state index contributed by atoms with van der Waals surface area (Å²) in [6.45, 7) is 7.65. The number of sulfonamides is 1. The lowest BCUT2D eigenvalue weighted by Crippen LogP contribution is -2.35. The van der Waals surface area contributed by atoms with Gasteiger partial charge in [0.25, 0.3) is 10.0 Å². The number of methoxy groups -OCH3 is 1. The molecule has 0 aliphatic carbocycles. The van der Waals surface area contributed by atoms with Crippen molar-refractivity contribution in [2.75, 3.05) is 44.6 Å². The zero-order chi connectivity index (χ0) is 29.5. The Kier molecular flexibility index (Phi) is 10.6. The van der Waals surface area contributed by atoms with Crippen LogP contribution in [-0.2, 0) is 41.5 Å². The quantitative estimate of drug-likeness (QED) is 0.158. The first-order chi connectivity index (χ1) is 18.9. The van der Waals surface area contributed by atoms with Gasteiger partial charge in [-0.3, -0.25) is 4.79 Å². The Balaban J connectivity index is 2.14. The van der Waals surface area contributed by atoms with E-state index in [4.69, 9.17) is 30.5 Å². The first-order valence-electron chi connectivity index (χ1n) is 12.7. The van der Waals surface area contributed by atoms with E-state index in [1.54, 1.807) is 43.4 Å². The molecule has 0 radical (unpaired) electrons. The van der Waals surface area contributed by atoms with Gasteiger partial charge in [0.2, 0.25) is 5.88 Å². The van der Waals surface area contributed by atoms with Gasteiger partial charge >= 0.3 is 5.97 Å². The van der Waals surface area contributed by atoms with Crippen LogP contribution in [0.3, 0.4) is 0 Å². The minimum atomic E-state index is -4.13. The number of carbonyl (C=O) groups is 1. The molecule has 3 aromatic rings. The minimum Gasteiger partial charge on any atom is -0.472 e. The molecule has 40 heavy (non-hydrogen) atoms. The average Bonchev–Trinajstić information content (AvgIpc) is 3.21. The average molecular weight is 594 g/mol. The Labute approximate surface area is 240 Å². The minimum absolute atomic E-state index is 0.00354. The number of hydrogen-bond acceptors (Lipinski definition) is 8. The van der Waals surface area contributed by atoms with Crippen LogP contribution in [-0.4, -0.2) is 64.4 Å². The molecule has 10 nitrogen and oxygen atoms in total. The number of anilines is 1. The first kappa shape index (κ1) is 31.4. The molecule has 3 rings (SSSR count). The third-order valence-electron chi connectivity index (χ3n) is 5.93. The summed E-state index contributed by atoms with van der Waals surface area (Å²) in [6.07, 6.45) is 0. The van der Waals surface area contributed by atoms with Crippen LogP contribution in [0.4, 0.5) is 5.82 Å². The SMILES string of the molecule is COCCOCN(c1c(-c2ccc(Cl)cc2)c(OCCOC(C)=O)nn1C)S(=O)(=O)c1ccc(C(C)(C)C)cc1. The number of ether oxygens (including phenoxy) is 4. The van der Waals surface area contributed by atoms with Crippen LogP contribution in [0, 0.1) is 0 Å². The molecule has 1 heterocycles. The molecule has 12 heteroatoms. The standard InChI is InChI=1S/C28H36ClN3O7S/c1-20(33)38-17-18-39-26-25(21-7-11-23(29)12-8-21)27(31(5)30-26)32(19-37-16-15-36-6)40(34,35)24-13-9-22(10-14-24)28(2,3)4/h7-14H,15-19H2,1-6H3. The maximum absolute atomic E-state index is 14.1. The molecule has 0 saturated carbocycles. The van der Waals surface area contributed by atoms with Gasteiger partial charge in [0.15, 0.2) is 5.82 Å². The number of aromatic nitrogens is 2. The summed E-state index contributed by atoms with van der Waals surface area (Å²) >= 11 is 6.14. The number of benzene rings is 2. The molecule has 0 N–H and O–H groups in total. The van der Waals surface area contributed by atoms with E-state index in [1.807, 2.05) is 12.1 Å². The Hall–Kier alpha value is -3.12. The second-order valence-corrected chi connectivity index (χ2v) is 12.3. The molecular formula is C28H36ClN3O7S. The lowest BCUT2D eigenvalue weighted by molar-refractivity contribution is -0.141. The third kappa shape index (κ3) is 7.75. The summed E-state index contributed by atoms with van der Waals surface area (Å²) < 4.78 is 52.5. The number of hydrogen-bond donors (Lipinski definition) is 0. The molecule has 0 spiro atoms. The molecule has 0 saturated heterocycles. The molecule has 1 aromatic heterocycles. The number of aryl methyl sites for hydroxylation is 1. The number of nitrogens with zero attached hydrogens (tertiary/aromatic N) is 3. The van der Waals surface area contributed by atoms with Gasteiger partial charge in [0, 0.05) is 26.1 Å². The highest BCUT2D eigenvalue weighted by molar-refractivity contribution is 7.92. The number of halogens is 1. The monoisotopic (exact) mass is 593 g/mol. The fraction of sp³-hybridized carbons (Fsp3) is 0.429. The molecular weight excluding hydrogens is 558 g/mol. The Bertz CT molecular complexity index is 1380. The van der Waals surface area contributed by atoms with Crippen LogP contribution in [0.5, 0.6) is 5.88 Å². The summed E-state index contributed by atoms with van der Waals surface area (Å²) in [5.41, 5.74) is 1.88. The molecule has 0 aliphatic heterocycles. The van der Waals surface area contributed by atoms with E-state index in [-0.39, 0.29) is 55.2 Å². The van der Waals surface area contributed by atoms with E-state index < -0.39 is 16.0 Å². The van der Waals surface area contributed by atoms with E-state index in [1.165, 1.54) is 18.7 Å². The summed E-state index contributed by atoms with van der Waals surface area (Å²) in [5, 5.41) is 4.99. The fourth-order valence-electron chi connectivity index (χ4n) is 3.86. The maximum Gasteiger partial charge on any atom is 0.302 e. The van der Waals surface area contributed by atoms with Crippen LogP contribution < -0.4 is 9.04 Å². The number of rotatable bonds is 13. The van der Waals surface area contributed by atoms with E-state index in [0.29, 0.717) is 16.1 Å². The zero-order valence-corrected chi connectivity index (χ0v) is 25.2. The van der Waals surface area contributed by atoms with Crippen molar-refractivity contribution in [2.45, 2.75) is 38.0 Å². The van der Waals surface area contributed by atoms with Gasteiger partial charge in [0.1, 0.15) is 19.9 Å². The second-order valence-electron chi connectivity index (χ2n) is 9.98. The van der Waals surface area contributed by atoms with Gasteiger partial charge in [-0.25, -0.2) is 17.4 Å². The molecule has 0 unspecified atom stereocenters. The largest absolute Gasteiger partial charge is 0.472 e. The van der Waals surface area contributed by atoms with Gasteiger partial charge in [0.05, 0.1) is 23.7 Å². The van der Waals surface area contributed by atoms with Crippen molar-refractivity contribution in [1.82, 2.24) is 9.78 Å². The van der Waals surface area contributed by atoms with Crippen LogP contribution in [0.25, 0.3) is 11.1 Å². The first-order valence-corrected chi connectivity index (χ1v) is 14.5. The highest BCUT2D eigenvalue weighted by Gasteiger charge is 2.33. The van der Waals surface area contributed by atoms with Gasteiger partial charge in [-0.15, -0.1) is 5.10 Å². The predicted molar refractivity (Wildman–Crippen MR) is 153 cm³/mol. The van der Waals surface area contributed by atoms with E-state index in [0.717, 1.165) is 9.87 Å². The third-order valence-corrected chi connectivity index (χ3v) is 7.91. The molecule has 0 atom stereocenters. The van der Waals surface area contributed by atoms with Crippen molar-refractivity contribution in [3.63, 3.8) is 0 Å². The lowest BCUT2D eigenvalue weighted by atomic mass is 9.87. The van der Waals surface area contributed by atoms with Crippen molar-refractivity contribution < 1.29 is 32.2 Å². The Morgan fingerprint density at radius 3 is 2.23 bits per heavy atom. The molecule has 0 fully saturated rings. The summed E-state index contributed by atoms with van der Waals surface area (Å²) in [5.74, 6) is -0.0551. The number of carbonyl (C=O) groups excluding carboxylic acids is 1. The normalized spacial score (nSPS) is 11.9. The van der Waals surface area contributed by atoms with E-state index in [2.05, 4.69) is 25.9 Å². The molecule has 0 bridgehead atoms. The second kappa shape index (κ2) is 13.5.